The van der Waals surface area contributed by atoms with Gasteiger partial charge in [0, 0.05) is 26.3 Å². The van der Waals surface area contributed by atoms with Crippen LogP contribution in [0.1, 0.15) is 37.2 Å². The fourth-order valence-electron chi connectivity index (χ4n) is 3.09. The Bertz CT molecular complexity index is 736. The molecular weight excluding hydrogens is 294 g/mol. The maximum atomic E-state index is 12.5. The number of rotatable bonds is 4. The van der Waals surface area contributed by atoms with E-state index in [9.17, 15) is 9.59 Å². The van der Waals surface area contributed by atoms with Crippen LogP contribution in [0.4, 0.5) is 0 Å². The number of hydrogen-bond donors (Lipinski definition) is 0. The summed E-state index contributed by atoms with van der Waals surface area (Å²) in [6, 6.07) is 3.73. The molecule has 0 saturated carbocycles. The van der Waals surface area contributed by atoms with Crippen LogP contribution in [0.3, 0.4) is 0 Å². The van der Waals surface area contributed by atoms with E-state index in [1.54, 1.807) is 10.6 Å². The van der Waals surface area contributed by atoms with Gasteiger partial charge in [0.15, 0.2) is 0 Å². The van der Waals surface area contributed by atoms with Crippen molar-refractivity contribution in [3.05, 3.63) is 24.0 Å². The third-order valence-electron chi connectivity index (χ3n) is 4.26. The maximum Gasteiger partial charge on any atom is 0.355 e. The minimum Gasteiger partial charge on any atom is -0.458 e. The van der Waals surface area contributed by atoms with Gasteiger partial charge in [-0.1, -0.05) is 0 Å². The van der Waals surface area contributed by atoms with E-state index in [2.05, 4.69) is 0 Å². The molecule has 23 heavy (non-hydrogen) atoms. The number of amides is 1. The second-order valence-corrected chi connectivity index (χ2v) is 6.35. The first-order valence-corrected chi connectivity index (χ1v) is 8.10. The lowest BCUT2D eigenvalue weighted by Crippen LogP contribution is -2.32. The van der Waals surface area contributed by atoms with Crippen molar-refractivity contribution in [2.45, 2.75) is 39.3 Å². The molecule has 6 nitrogen and oxygen atoms in total. The van der Waals surface area contributed by atoms with Gasteiger partial charge in [0.1, 0.15) is 12.2 Å². The van der Waals surface area contributed by atoms with Gasteiger partial charge in [-0.2, -0.15) is 0 Å². The molecule has 0 spiro atoms. The minimum absolute atomic E-state index is 0.0578. The van der Waals surface area contributed by atoms with Crippen LogP contribution in [0.5, 0.6) is 0 Å². The SMILES string of the molecule is CC(C)OC(=O)c1cc2c(ccn2C)n1CC(=O)N1CCCC1. The molecule has 3 rings (SSSR count). The van der Waals surface area contributed by atoms with Crippen LogP contribution in [0.25, 0.3) is 11.0 Å². The lowest BCUT2D eigenvalue weighted by atomic mass is 10.4. The standard InChI is InChI=1S/C17H23N3O3/c1-12(2)23-17(22)15-10-14-13(6-9-18(14)3)20(15)11-16(21)19-7-4-5-8-19/h6,9-10,12H,4-5,7-8,11H2,1-3H3. The highest BCUT2D eigenvalue weighted by Crippen LogP contribution is 2.22. The van der Waals surface area contributed by atoms with Crippen LogP contribution in [-0.2, 0) is 23.1 Å². The highest BCUT2D eigenvalue weighted by molar-refractivity contribution is 5.96. The quantitative estimate of drug-likeness (QED) is 0.812. The van der Waals surface area contributed by atoms with E-state index < -0.39 is 0 Å². The molecule has 2 aromatic rings. The Balaban J connectivity index is 1.95. The van der Waals surface area contributed by atoms with Crippen molar-refractivity contribution in [1.29, 1.82) is 0 Å². The molecule has 1 amide bonds. The zero-order valence-corrected chi connectivity index (χ0v) is 13.9. The monoisotopic (exact) mass is 317 g/mol. The lowest BCUT2D eigenvalue weighted by Gasteiger charge is -2.17. The normalized spacial score (nSPS) is 14.9. The fourth-order valence-corrected chi connectivity index (χ4v) is 3.09. The Morgan fingerprint density at radius 1 is 1.22 bits per heavy atom. The molecule has 6 heteroatoms. The number of nitrogens with zero attached hydrogens (tertiary/aromatic N) is 3. The number of likely N-dealkylation sites (tertiary alicyclic amines) is 1. The van der Waals surface area contributed by atoms with E-state index in [0.717, 1.165) is 37.0 Å². The van der Waals surface area contributed by atoms with Crippen LogP contribution >= 0.6 is 0 Å². The maximum absolute atomic E-state index is 12.5. The van der Waals surface area contributed by atoms with Gasteiger partial charge in [-0.15, -0.1) is 0 Å². The first kappa shape index (κ1) is 15.6. The summed E-state index contributed by atoms with van der Waals surface area (Å²) in [5.74, 6) is -0.326. The van der Waals surface area contributed by atoms with Crippen molar-refractivity contribution < 1.29 is 14.3 Å². The second kappa shape index (κ2) is 6.10. The first-order chi connectivity index (χ1) is 11.0. The van der Waals surface area contributed by atoms with E-state index in [-0.39, 0.29) is 24.5 Å². The molecule has 3 heterocycles. The van der Waals surface area contributed by atoms with Crippen molar-refractivity contribution in [2.75, 3.05) is 13.1 Å². The van der Waals surface area contributed by atoms with Gasteiger partial charge in [-0.3, -0.25) is 4.79 Å². The predicted octanol–water partition coefficient (Wildman–Crippen LogP) is 2.17. The first-order valence-electron chi connectivity index (χ1n) is 8.10. The number of fused-ring (bicyclic) bond motifs is 1. The summed E-state index contributed by atoms with van der Waals surface area (Å²) in [6.07, 6.45) is 3.85. The van der Waals surface area contributed by atoms with Crippen LogP contribution in [0, 0.1) is 0 Å². The highest BCUT2D eigenvalue weighted by atomic mass is 16.5. The van der Waals surface area contributed by atoms with Gasteiger partial charge < -0.3 is 18.8 Å². The van der Waals surface area contributed by atoms with Gasteiger partial charge in [-0.25, -0.2) is 4.79 Å². The van der Waals surface area contributed by atoms with Gasteiger partial charge in [-0.05, 0) is 38.8 Å². The molecule has 0 unspecified atom stereocenters. The van der Waals surface area contributed by atoms with Crippen molar-refractivity contribution in [3.8, 4) is 0 Å². The molecule has 0 radical (unpaired) electrons. The number of esters is 1. The lowest BCUT2D eigenvalue weighted by molar-refractivity contribution is -0.130. The fraction of sp³-hybridized carbons (Fsp3) is 0.529. The zero-order valence-electron chi connectivity index (χ0n) is 13.9. The van der Waals surface area contributed by atoms with Crippen LogP contribution in [-0.4, -0.2) is 45.1 Å². The summed E-state index contributed by atoms with van der Waals surface area (Å²) in [6.45, 7) is 5.43. The van der Waals surface area contributed by atoms with Crippen LogP contribution < -0.4 is 0 Å². The third kappa shape index (κ3) is 2.98. The smallest absolute Gasteiger partial charge is 0.355 e. The Hall–Kier alpha value is -2.24. The number of carbonyl (C=O) groups excluding carboxylic acids is 2. The van der Waals surface area contributed by atoms with Crippen LogP contribution in [0.2, 0.25) is 0 Å². The highest BCUT2D eigenvalue weighted by Gasteiger charge is 2.24. The number of hydrogen-bond acceptors (Lipinski definition) is 3. The van der Waals surface area contributed by atoms with Crippen LogP contribution in [0.15, 0.2) is 18.3 Å². The van der Waals surface area contributed by atoms with Gasteiger partial charge in [0.05, 0.1) is 17.1 Å². The molecule has 2 aromatic heterocycles. The Morgan fingerprint density at radius 3 is 2.57 bits per heavy atom. The zero-order chi connectivity index (χ0) is 16.6. The average Bonchev–Trinajstić information content (AvgIpc) is 3.18. The molecule has 0 N–H and O–H groups in total. The number of carbonyl (C=O) groups is 2. The minimum atomic E-state index is -0.384. The molecule has 1 saturated heterocycles. The summed E-state index contributed by atoms with van der Waals surface area (Å²) < 4.78 is 9.05. The molecule has 0 aromatic carbocycles. The summed E-state index contributed by atoms with van der Waals surface area (Å²) in [5, 5.41) is 0. The summed E-state index contributed by atoms with van der Waals surface area (Å²) in [4.78, 5) is 26.8. The van der Waals surface area contributed by atoms with E-state index in [4.69, 9.17) is 4.74 Å². The molecular formula is C17H23N3O3. The predicted molar refractivity (Wildman–Crippen MR) is 87.3 cm³/mol. The molecule has 0 atom stereocenters. The van der Waals surface area contributed by atoms with E-state index in [0.29, 0.717) is 5.69 Å². The molecule has 0 bridgehead atoms. The van der Waals surface area contributed by atoms with Crippen molar-refractivity contribution in [2.24, 2.45) is 7.05 Å². The van der Waals surface area contributed by atoms with Crippen molar-refractivity contribution in [3.63, 3.8) is 0 Å². The molecule has 1 fully saturated rings. The van der Waals surface area contributed by atoms with E-state index in [1.807, 2.05) is 42.6 Å². The van der Waals surface area contributed by atoms with Crippen molar-refractivity contribution in [1.82, 2.24) is 14.0 Å². The number of aromatic nitrogens is 2. The van der Waals surface area contributed by atoms with E-state index in [1.165, 1.54) is 0 Å². The third-order valence-corrected chi connectivity index (χ3v) is 4.26. The summed E-state index contributed by atoms with van der Waals surface area (Å²) >= 11 is 0. The summed E-state index contributed by atoms with van der Waals surface area (Å²) in [7, 11) is 1.92. The number of ether oxygens (including phenoxy) is 1. The second-order valence-electron chi connectivity index (χ2n) is 6.35. The Labute approximate surface area is 135 Å². The molecule has 0 aliphatic carbocycles. The van der Waals surface area contributed by atoms with Gasteiger partial charge >= 0.3 is 5.97 Å². The Morgan fingerprint density at radius 2 is 1.91 bits per heavy atom. The average molecular weight is 317 g/mol. The van der Waals surface area contributed by atoms with E-state index >= 15 is 0 Å². The topological polar surface area (TPSA) is 56.5 Å². The molecule has 1 aliphatic rings. The Kier molecular flexibility index (Phi) is 4.15. The summed E-state index contributed by atoms with van der Waals surface area (Å²) in [5.41, 5.74) is 2.25. The van der Waals surface area contributed by atoms with Gasteiger partial charge in [0.25, 0.3) is 0 Å². The largest absolute Gasteiger partial charge is 0.458 e. The molecule has 1 aliphatic heterocycles. The molecule has 124 valence electrons. The van der Waals surface area contributed by atoms with Crippen molar-refractivity contribution >= 4 is 22.9 Å². The number of aryl methyl sites for hydroxylation is 1. The van der Waals surface area contributed by atoms with Gasteiger partial charge in [0.2, 0.25) is 5.91 Å².